The van der Waals surface area contributed by atoms with Crippen molar-refractivity contribution in [2.45, 2.75) is 87.0 Å². The van der Waals surface area contributed by atoms with Crippen molar-refractivity contribution in [3.63, 3.8) is 0 Å². The highest BCUT2D eigenvalue weighted by Gasteiger charge is 2.39. The third-order valence-corrected chi connectivity index (χ3v) is 19.2. The Labute approximate surface area is 542 Å². The van der Waals surface area contributed by atoms with Crippen LogP contribution in [0.2, 0.25) is 0 Å². The fourth-order valence-corrected chi connectivity index (χ4v) is 14.2. The molecule has 12 aromatic rings. The first-order valence-electron chi connectivity index (χ1n) is 32.3. The first kappa shape index (κ1) is 60.1. The molecule has 0 spiro atoms. The van der Waals surface area contributed by atoms with Crippen LogP contribution >= 0.6 is 0 Å². The molecule has 0 bridgehead atoms. The molecule has 0 fully saturated rings. The van der Waals surface area contributed by atoms with Crippen molar-refractivity contribution in [1.29, 1.82) is 0 Å². The Bertz CT molecular complexity index is 5090. The molecule has 0 atom stereocenters. The van der Waals surface area contributed by atoms with E-state index in [2.05, 4.69) is 172 Å². The van der Waals surface area contributed by atoms with Crippen LogP contribution in [-0.4, -0.2) is 23.1 Å². The maximum absolute atomic E-state index is 13.0. The Morgan fingerprint density at radius 3 is 1.41 bits per heavy atom. The van der Waals surface area contributed by atoms with Crippen LogP contribution in [0.3, 0.4) is 0 Å². The van der Waals surface area contributed by atoms with E-state index in [-0.39, 0.29) is 52.1 Å². The molecule has 0 saturated carbocycles. The average Bonchev–Trinajstić information content (AvgIpc) is 1.58. The van der Waals surface area contributed by atoms with Crippen molar-refractivity contribution >= 4 is 44.7 Å². The van der Waals surface area contributed by atoms with Crippen molar-refractivity contribution in [1.82, 2.24) is 0 Å². The fourth-order valence-electron chi connectivity index (χ4n) is 14.2. The number of hydrogen-bond acceptors (Lipinski definition) is 4. The number of carbonyl (C=O) groups is 4. The maximum atomic E-state index is 13.0. The van der Waals surface area contributed by atoms with Crippen molar-refractivity contribution in [3.05, 3.63) is 298 Å². The molecule has 4 aromatic heterocycles. The zero-order valence-corrected chi connectivity index (χ0v) is 53.8. The number of halogens is 1. The lowest BCUT2D eigenvalue weighted by atomic mass is 9.81. The summed E-state index contributed by atoms with van der Waals surface area (Å²) in [6, 6.07) is 69.2. The summed E-state index contributed by atoms with van der Waals surface area (Å²) in [4.78, 5) is 49.3. The maximum Gasteiger partial charge on any atom is 0.213 e. The summed E-state index contributed by atoms with van der Waals surface area (Å²) in [5, 5.41) is 5.08. The molecule has 0 radical (unpaired) electrons. The van der Waals surface area contributed by atoms with Crippen LogP contribution in [0.1, 0.15) is 136 Å². The van der Waals surface area contributed by atoms with Gasteiger partial charge in [-0.3, -0.25) is 19.2 Å². The Kier molecular flexibility index (Phi) is 15.5. The molecule has 0 N–H and O–H groups in total. The van der Waals surface area contributed by atoms with E-state index in [1.165, 1.54) is 130 Å². The number of ketones is 4. The van der Waals surface area contributed by atoms with Gasteiger partial charge in [-0.25, -0.2) is 4.39 Å². The first-order valence-corrected chi connectivity index (χ1v) is 32.3. The number of rotatable bonds is 8. The van der Waals surface area contributed by atoms with E-state index in [1.54, 1.807) is 0 Å². The van der Waals surface area contributed by atoms with Crippen LogP contribution in [0.5, 0.6) is 0 Å². The fraction of sp³-hybridized carbons (Fsp3) is 0.190. The topological polar surface area (TPSA) is 83.8 Å². The van der Waals surface area contributed by atoms with Crippen LogP contribution in [0, 0.1) is 23.6 Å². The van der Waals surface area contributed by atoms with Gasteiger partial charge in [0.25, 0.3) is 0 Å². The summed E-state index contributed by atoms with van der Waals surface area (Å²) in [5.74, 6) is 0.273. The van der Waals surface area contributed by atoms with Crippen molar-refractivity contribution in [2.24, 2.45) is 17.8 Å². The molecule has 456 valence electrons. The zero-order valence-electron chi connectivity index (χ0n) is 53.8. The van der Waals surface area contributed by atoms with Crippen LogP contribution in [-0.2, 0) is 31.6 Å². The van der Waals surface area contributed by atoms with Gasteiger partial charge in [0.15, 0.2) is 74.1 Å². The summed E-state index contributed by atoms with van der Waals surface area (Å²) in [6.07, 6.45) is 7.91. The third-order valence-electron chi connectivity index (χ3n) is 19.2. The molecule has 0 saturated heterocycles. The van der Waals surface area contributed by atoms with E-state index >= 15 is 0 Å². The van der Waals surface area contributed by atoms with Crippen molar-refractivity contribution in [3.8, 4) is 56.2 Å². The summed E-state index contributed by atoms with van der Waals surface area (Å²) in [6.45, 7) is 19.6. The van der Waals surface area contributed by atoms with E-state index in [4.69, 9.17) is 0 Å². The summed E-state index contributed by atoms with van der Waals surface area (Å²) in [7, 11) is 0. The quantitative estimate of drug-likeness (QED) is 0.112. The number of Topliss-reactive ketones (excluding diaryl/α,β-unsaturated/α-hetero) is 3. The van der Waals surface area contributed by atoms with Gasteiger partial charge in [-0.2, -0.15) is 18.3 Å². The number of hydrogen-bond donors (Lipinski definition) is 0. The largest absolute Gasteiger partial charge is 0.294 e. The molecule has 8 heterocycles. The lowest BCUT2D eigenvalue weighted by Crippen LogP contribution is -2.33. The van der Waals surface area contributed by atoms with E-state index < -0.39 is 0 Å². The van der Waals surface area contributed by atoms with E-state index in [9.17, 15) is 23.6 Å². The van der Waals surface area contributed by atoms with Gasteiger partial charge < -0.3 is 0 Å². The van der Waals surface area contributed by atoms with Crippen LogP contribution in [0.4, 0.5) is 4.39 Å². The third kappa shape index (κ3) is 11.0. The van der Waals surface area contributed by atoms with Gasteiger partial charge in [0, 0.05) is 75.3 Å². The van der Waals surface area contributed by atoms with E-state index in [0.29, 0.717) is 11.1 Å². The van der Waals surface area contributed by atoms with Gasteiger partial charge >= 0.3 is 0 Å². The second-order valence-electron chi connectivity index (χ2n) is 26.7. The van der Waals surface area contributed by atoms with Gasteiger partial charge in [0.1, 0.15) is 5.82 Å². The molecular formula is C84H73FN4O4+4. The predicted molar refractivity (Wildman–Crippen MR) is 365 cm³/mol. The highest BCUT2D eigenvalue weighted by atomic mass is 19.1. The molecule has 0 amide bonds. The Morgan fingerprint density at radius 2 is 0.796 bits per heavy atom. The summed E-state index contributed by atoms with van der Waals surface area (Å²) >= 11 is 0. The highest BCUT2D eigenvalue weighted by Crippen LogP contribution is 2.51. The molecule has 0 unspecified atom stereocenters. The van der Waals surface area contributed by atoms with Crippen LogP contribution in [0.25, 0.3) is 77.7 Å². The second-order valence-corrected chi connectivity index (χ2v) is 26.7. The van der Waals surface area contributed by atoms with Gasteiger partial charge in [0.05, 0.1) is 44.5 Å². The highest BCUT2D eigenvalue weighted by molar-refractivity contribution is 6.09. The predicted octanol–water partition coefficient (Wildman–Crippen LogP) is 16.5. The smallest absolute Gasteiger partial charge is 0.213 e. The van der Waals surface area contributed by atoms with Gasteiger partial charge in [-0.05, 0) is 123 Å². The van der Waals surface area contributed by atoms with E-state index in [0.717, 1.165) is 48.6 Å². The molecule has 17 rings (SSSR count). The van der Waals surface area contributed by atoms with Crippen molar-refractivity contribution in [2.75, 3.05) is 0 Å². The number of benzene rings is 8. The Balaban J connectivity index is 0.000000108. The average molecular weight is 1220 g/mol. The van der Waals surface area contributed by atoms with Gasteiger partial charge in [-0.1, -0.05) is 159 Å². The van der Waals surface area contributed by atoms with Crippen molar-refractivity contribution < 1.29 is 41.8 Å². The monoisotopic (exact) mass is 1220 g/mol. The summed E-state index contributed by atoms with van der Waals surface area (Å²) < 4.78 is 21.7. The zero-order chi connectivity index (χ0) is 64.6. The molecule has 1 aliphatic carbocycles. The summed E-state index contributed by atoms with van der Waals surface area (Å²) in [5.41, 5.74) is 24.1. The molecule has 5 aliphatic rings. The van der Waals surface area contributed by atoms with Crippen LogP contribution in [0.15, 0.2) is 231 Å². The number of nitrogens with zero attached hydrogens (tertiary/aromatic N) is 4. The standard InChI is InChI=1S/C25H24NO.2C20H18NO.C19H13FNO/c1-15(2)24(27)16-9-10-23-19-12-22-20(11-17(19)14-26(23)13-16)18-7-5-6-8-21(18)25(22,3)4;1-13(2)20(22)16-7-8-19-18-10-15-6-4-3-5-14(15)9-17(18)12-21(19)11-16;1-13(2)20(22)16-9-10-18-19-15(11-21(18)12-16)8-7-14-5-3-4-6-17(14)19;20-16-8-5-13(6-9-16)19(22)15-7-10-18-17-4-2-1-3-14(17)11-21(18)12-15/h5-13,15H,14H2,1-4H3;3-11,13H,12H2,1-2H3;3-10,12-13H,11H2,1-2H3;1-10,12H,11H2/q4*+1. The van der Waals surface area contributed by atoms with Gasteiger partial charge in [0.2, 0.25) is 22.8 Å². The molecular weight excluding hydrogens is 1150 g/mol. The Morgan fingerprint density at radius 1 is 0.355 bits per heavy atom. The lowest BCUT2D eigenvalue weighted by Gasteiger charge is -2.21. The van der Waals surface area contributed by atoms with Gasteiger partial charge in [-0.15, -0.1) is 0 Å². The minimum absolute atomic E-state index is 0.0158. The number of fused-ring (bicyclic) bond motifs is 18. The molecule has 9 heteroatoms. The number of pyridine rings is 4. The second kappa shape index (κ2) is 23.9. The molecule has 8 aromatic carbocycles. The lowest BCUT2D eigenvalue weighted by molar-refractivity contribution is -0.672. The first-order chi connectivity index (χ1) is 44.9. The molecule has 8 nitrogen and oxygen atoms in total. The van der Waals surface area contributed by atoms with E-state index in [1.807, 2.05) is 109 Å². The molecule has 93 heavy (non-hydrogen) atoms. The minimum atomic E-state index is -0.338. The number of aromatic nitrogens is 4. The van der Waals surface area contributed by atoms with Crippen LogP contribution < -0.4 is 18.3 Å². The number of carbonyl (C=O) groups excluding carboxylic acids is 4. The SMILES string of the molecule is CC(C)C(=O)c1ccc2[n+](c1)Cc1cc3c(cc1-2)C(C)(C)c1ccccc1-3.CC(C)C(=O)c1ccc2[n+](c1)Cc1cc3ccccc3cc1-2.CC(C)C(=O)c1ccc2[n+](c1)Cc1ccc3ccccc3c1-2.O=C(c1ccc(F)cc1)c1ccc2[n+](c1)Cc1ccccc1-2. The molecule has 4 aliphatic heterocycles. The Hall–Kier alpha value is -10.5. The normalized spacial score (nSPS) is 13.2. The minimum Gasteiger partial charge on any atom is -0.294 e.